The van der Waals surface area contributed by atoms with Gasteiger partial charge in [0.1, 0.15) is 10.6 Å². The van der Waals surface area contributed by atoms with Gasteiger partial charge < -0.3 is 4.74 Å². The Kier molecular flexibility index (Phi) is 6.28. The zero-order chi connectivity index (χ0) is 20.1. The predicted octanol–water partition coefficient (Wildman–Crippen LogP) is 4.16. The topological polar surface area (TPSA) is 72.5 Å². The molecule has 0 atom stereocenters. The third-order valence-corrected chi connectivity index (χ3v) is 6.55. The Morgan fingerprint density at radius 2 is 1.82 bits per heavy atom. The highest BCUT2D eigenvalue weighted by atomic mass is 32.2. The number of nitrogens with one attached hydrogen (secondary N) is 1. The van der Waals surface area contributed by atoms with Crippen molar-refractivity contribution in [2.45, 2.75) is 25.3 Å². The van der Waals surface area contributed by atoms with E-state index in [4.69, 9.17) is 4.74 Å². The number of carbonyl (C=O) groups excluding carboxylic acids is 1. The molecule has 2 aromatic carbocycles. The molecule has 28 heavy (non-hydrogen) atoms. The molecule has 0 aliphatic carbocycles. The second-order valence-electron chi connectivity index (χ2n) is 6.17. The molecule has 3 rings (SSSR count). The molecule has 146 valence electrons. The minimum atomic E-state index is -3.75. The van der Waals surface area contributed by atoms with Crippen molar-refractivity contribution in [3.05, 3.63) is 81.5 Å². The molecule has 0 bridgehead atoms. The number of hydrogen-bond donors (Lipinski definition) is 1. The fourth-order valence-corrected chi connectivity index (χ4v) is 4.91. The van der Waals surface area contributed by atoms with Gasteiger partial charge in [0.15, 0.2) is 0 Å². The van der Waals surface area contributed by atoms with Crippen LogP contribution in [0.3, 0.4) is 0 Å². The lowest BCUT2D eigenvalue weighted by atomic mass is 10.1. The van der Waals surface area contributed by atoms with Crippen molar-refractivity contribution in [3.8, 4) is 5.75 Å². The third-order valence-electron chi connectivity index (χ3n) is 4.05. The van der Waals surface area contributed by atoms with Crippen LogP contribution in [0.1, 0.15) is 32.6 Å². The molecule has 0 saturated carbocycles. The van der Waals surface area contributed by atoms with E-state index in [-0.39, 0.29) is 17.2 Å². The maximum Gasteiger partial charge on any atom is 0.244 e. The fourth-order valence-electron chi connectivity index (χ4n) is 2.67. The minimum Gasteiger partial charge on any atom is -0.492 e. The van der Waals surface area contributed by atoms with Crippen LogP contribution in [0.2, 0.25) is 0 Å². The predicted molar refractivity (Wildman–Crippen MR) is 111 cm³/mol. The van der Waals surface area contributed by atoms with Crippen molar-refractivity contribution >= 4 is 27.1 Å². The summed E-state index contributed by atoms with van der Waals surface area (Å²) in [6.07, 6.45) is 0. The van der Waals surface area contributed by atoms with Crippen molar-refractivity contribution in [2.24, 2.45) is 0 Å². The Labute approximate surface area is 169 Å². The summed E-state index contributed by atoms with van der Waals surface area (Å²) >= 11 is 1.28. The van der Waals surface area contributed by atoms with Gasteiger partial charge in [-0.3, -0.25) is 4.79 Å². The van der Waals surface area contributed by atoms with Crippen LogP contribution in [0.25, 0.3) is 0 Å². The zero-order valence-electron chi connectivity index (χ0n) is 15.6. The molecule has 0 fully saturated rings. The fraction of sp³-hybridized carbons (Fsp3) is 0.190. The number of ketones is 1. The van der Waals surface area contributed by atoms with Crippen LogP contribution in [-0.4, -0.2) is 20.8 Å². The van der Waals surface area contributed by atoms with E-state index in [1.807, 2.05) is 31.2 Å². The monoisotopic (exact) mass is 415 g/mol. The Bertz CT molecular complexity index is 1070. The van der Waals surface area contributed by atoms with E-state index in [2.05, 4.69) is 4.72 Å². The molecule has 3 aromatic rings. The average molecular weight is 416 g/mol. The van der Waals surface area contributed by atoms with Gasteiger partial charge in [-0.05, 0) is 43.7 Å². The first-order valence-electron chi connectivity index (χ1n) is 8.82. The molecule has 0 amide bonds. The molecule has 1 heterocycles. The molecule has 0 spiro atoms. The molecule has 7 heteroatoms. The third kappa shape index (κ3) is 4.67. The van der Waals surface area contributed by atoms with E-state index in [0.29, 0.717) is 22.8 Å². The zero-order valence-corrected chi connectivity index (χ0v) is 17.3. The molecule has 0 aliphatic rings. The number of carbonyl (C=O) groups is 1. The van der Waals surface area contributed by atoms with Crippen molar-refractivity contribution in [3.63, 3.8) is 0 Å². The van der Waals surface area contributed by atoms with E-state index in [9.17, 15) is 13.2 Å². The highest BCUT2D eigenvalue weighted by Crippen LogP contribution is 2.26. The molecule has 0 radical (unpaired) electrons. The van der Waals surface area contributed by atoms with Crippen LogP contribution in [0.15, 0.2) is 65.6 Å². The Morgan fingerprint density at radius 3 is 2.54 bits per heavy atom. The molecular formula is C21H21NO4S2. The van der Waals surface area contributed by atoms with Crippen LogP contribution in [0, 0.1) is 6.92 Å². The number of thiophene rings is 1. The highest BCUT2D eigenvalue weighted by molar-refractivity contribution is 7.89. The average Bonchev–Trinajstić information content (AvgIpc) is 3.17. The van der Waals surface area contributed by atoms with E-state index >= 15 is 0 Å². The molecule has 0 saturated heterocycles. The molecular weight excluding hydrogens is 394 g/mol. The SMILES string of the molecule is CCOc1ccc(C)cc1S(=O)(=O)NCc1ccc(C(=O)c2ccccc2)s1. The standard InChI is InChI=1S/C21H21NO4S2/c1-3-26-18-11-9-15(2)13-20(18)28(24,25)22-14-17-10-12-19(27-17)21(23)16-7-5-4-6-8-16/h4-13,22H,3,14H2,1-2H3. The van der Waals surface area contributed by atoms with Crippen LogP contribution in [-0.2, 0) is 16.6 Å². The quantitative estimate of drug-likeness (QED) is 0.561. The first-order valence-corrected chi connectivity index (χ1v) is 11.1. The number of rotatable bonds is 8. The molecule has 1 N–H and O–H groups in total. The van der Waals surface area contributed by atoms with Crippen LogP contribution in [0.4, 0.5) is 0 Å². The van der Waals surface area contributed by atoms with Gasteiger partial charge in [-0.2, -0.15) is 0 Å². The van der Waals surface area contributed by atoms with E-state index in [1.54, 1.807) is 43.3 Å². The first-order chi connectivity index (χ1) is 13.4. The Balaban J connectivity index is 1.75. The smallest absolute Gasteiger partial charge is 0.244 e. The summed E-state index contributed by atoms with van der Waals surface area (Å²) in [5.41, 5.74) is 1.44. The summed E-state index contributed by atoms with van der Waals surface area (Å²) in [7, 11) is -3.75. The Morgan fingerprint density at radius 1 is 1.07 bits per heavy atom. The molecule has 1 aromatic heterocycles. The maximum absolute atomic E-state index is 12.8. The first kappa shape index (κ1) is 20.3. The summed E-state index contributed by atoms with van der Waals surface area (Å²) in [6.45, 7) is 4.12. The van der Waals surface area contributed by atoms with Crippen LogP contribution < -0.4 is 9.46 Å². The van der Waals surface area contributed by atoms with Gasteiger partial charge >= 0.3 is 0 Å². The molecule has 0 aliphatic heterocycles. The van der Waals surface area contributed by atoms with Crippen molar-refractivity contribution in [1.29, 1.82) is 0 Å². The number of ether oxygens (including phenoxy) is 1. The van der Waals surface area contributed by atoms with E-state index in [0.717, 1.165) is 10.4 Å². The highest BCUT2D eigenvalue weighted by Gasteiger charge is 2.20. The summed E-state index contributed by atoms with van der Waals surface area (Å²) in [4.78, 5) is 13.9. The molecule has 0 unspecified atom stereocenters. The number of benzene rings is 2. The second kappa shape index (κ2) is 8.68. The van der Waals surface area contributed by atoms with Gasteiger partial charge in [-0.1, -0.05) is 36.4 Å². The normalized spacial score (nSPS) is 11.4. The van der Waals surface area contributed by atoms with Gasteiger partial charge in [0.2, 0.25) is 15.8 Å². The van der Waals surface area contributed by atoms with Crippen molar-refractivity contribution in [1.82, 2.24) is 4.72 Å². The maximum atomic E-state index is 12.8. The number of aryl methyl sites for hydroxylation is 1. The summed E-state index contributed by atoms with van der Waals surface area (Å²) in [6, 6.07) is 17.6. The van der Waals surface area contributed by atoms with Crippen molar-refractivity contribution in [2.75, 3.05) is 6.61 Å². The van der Waals surface area contributed by atoms with Gasteiger partial charge in [-0.25, -0.2) is 13.1 Å². The molecule has 5 nitrogen and oxygen atoms in total. The lowest BCUT2D eigenvalue weighted by molar-refractivity contribution is 0.104. The van der Waals surface area contributed by atoms with Gasteiger partial charge in [0, 0.05) is 17.0 Å². The minimum absolute atomic E-state index is 0.0722. The lowest BCUT2D eigenvalue weighted by Gasteiger charge is -2.12. The van der Waals surface area contributed by atoms with Gasteiger partial charge in [0.25, 0.3) is 0 Å². The van der Waals surface area contributed by atoms with Gasteiger partial charge in [-0.15, -0.1) is 11.3 Å². The lowest BCUT2D eigenvalue weighted by Crippen LogP contribution is -2.23. The Hall–Kier alpha value is -2.48. The van der Waals surface area contributed by atoms with Gasteiger partial charge in [0.05, 0.1) is 11.5 Å². The van der Waals surface area contributed by atoms with Crippen LogP contribution in [0.5, 0.6) is 5.75 Å². The largest absolute Gasteiger partial charge is 0.492 e. The van der Waals surface area contributed by atoms with E-state index < -0.39 is 10.0 Å². The van der Waals surface area contributed by atoms with E-state index in [1.165, 1.54) is 11.3 Å². The van der Waals surface area contributed by atoms with Crippen molar-refractivity contribution < 1.29 is 17.9 Å². The second-order valence-corrected chi connectivity index (χ2v) is 9.07. The number of sulfonamides is 1. The summed E-state index contributed by atoms with van der Waals surface area (Å²) < 4.78 is 33.6. The summed E-state index contributed by atoms with van der Waals surface area (Å²) in [5, 5.41) is 0. The summed E-state index contributed by atoms with van der Waals surface area (Å²) in [5.74, 6) is 0.253. The number of hydrogen-bond acceptors (Lipinski definition) is 5. The van der Waals surface area contributed by atoms with Crippen LogP contribution >= 0.6 is 11.3 Å².